The molecule has 1 aromatic heterocycles. The van der Waals surface area contributed by atoms with Gasteiger partial charge in [0, 0.05) is 10.8 Å². The average molecular weight is 274 g/mol. The van der Waals surface area contributed by atoms with Gasteiger partial charge in [-0.15, -0.1) is 0 Å². The summed E-state index contributed by atoms with van der Waals surface area (Å²) >= 11 is 5.74. The van der Waals surface area contributed by atoms with Crippen LogP contribution in [0.5, 0.6) is 0 Å². The van der Waals surface area contributed by atoms with Crippen LogP contribution >= 0.6 is 11.6 Å². The van der Waals surface area contributed by atoms with E-state index in [0.717, 1.165) is 0 Å². The van der Waals surface area contributed by atoms with Gasteiger partial charge in [-0.3, -0.25) is 4.79 Å². The first-order valence-electron chi connectivity index (χ1n) is 5.88. The van der Waals surface area contributed by atoms with Crippen LogP contribution < -0.4 is 10.6 Å². The summed E-state index contributed by atoms with van der Waals surface area (Å²) in [7, 11) is 0. The number of hydrogen-bond donors (Lipinski definition) is 0. The molecule has 0 aliphatic heterocycles. The van der Waals surface area contributed by atoms with Crippen LogP contribution in [0.2, 0.25) is 0 Å². The van der Waals surface area contributed by atoms with Crippen molar-refractivity contribution in [3.63, 3.8) is 0 Å². The number of carbonyl (C=O) groups excluding carboxylic acids is 1. The number of halogens is 1. The van der Waals surface area contributed by atoms with Crippen molar-refractivity contribution in [2.24, 2.45) is 0 Å². The predicted octanol–water partition coefficient (Wildman–Crippen LogP) is 2.90. The molecule has 0 radical (unpaired) electrons. The molecule has 2 nitrogen and oxygen atoms in total. The largest absolute Gasteiger partial charge is 0.276 e. The highest BCUT2D eigenvalue weighted by atomic mass is 35.5. The maximum Gasteiger partial charge on any atom is 0.253 e. The van der Waals surface area contributed by atoms with Crippen molar-refractivity contribution in [3.05, 3.63) is 52.7 Å². The summed E-state index contributed by atoms with van der Waals surface area (Å²) in [5.74, 6) is 0. The zero-order chi connectivity index (χ0) is 14.4. The van der Waals surface area contributed by atoms with Gasteiger partial charge in [0.1, 0.15) is 0 Å². The topological polar surface area (TPSA) is 30.0 Å². The van der Waals surface area contributed by atoms with E-state index in [1.165, 1.54) is 0 Å². The van der Waals surface area contributed by atoms with Gasteiger partial charge in [0.05, 0.1) is 16.6 Å². The van der Waals surface area contributed by atoms with E-state index < -0.39 is 5.24 Å². The Morgan fingerprint density at radius 3 is 2.42 bits per heavy atom. The highest BCUT2D eigenvalue weighted by molar-refractivity contribution is 6.68. The summed E-state index contributed by atoms with van der Waals surface area (Å²) in [5, 5.41) is 0.845. The standard InChI is InChI=1S/C16H16ClNO/c1-5-9-11-13(7-3)18-14(8-4)12(10-6-2)15(11)16(17)19/h5-10H,1,4H2,2-3H3/b10-6-,11-9+,13-7+. The first-order valence-corrected chi connectivity index (χ1v) is 6.26. The molecule has 0 unspecified atom stereocenters. The van der Waals surface area contributed by atoms with E-state index in [1.54, 1.807) is 24.3 Å². The minimum absolute atomic E-state index is 0.428. The van der Waals surface area contributed by atoms with Gasteiger partial charge in [0.2, 0.25) is 0 Å². The number of hydrogen-bond acceptors (Lipinski definition) is 2. The Labute approximate surface area is 118 Å². The molecule has 0 N–H and O–H groups in total. The first kappa shape index (κ1) is 15.1. The van der Waals surface area contributed by atoms with Gasteiger partial charge < -0.3 is 0 Å². The molecule has 0 aliphatic carbocycles. The van der Waals surface area contributed by atoms with E-state index in [1.807, 2.05) is 26.0 Å². The van der Waals surface area contributed by atoms with Gasteiger partial charge in [-0.1, -0.05) is 43.5 Å². The molecule has 0 aliphatic rings. The maximum absolute atomic E-state index is 11.8. The van der Waals surface area contributed by atoms with Crippen molar-refractivity contribution in [2.75, 3.05) is 0 Å². The number of pyridine rings is 1. The van der Waals surface area contributed by atoms with Crippen molar-refractivity contribution in [1.82, 2.24) is 4.98 Å². The van der Waals surface area contributed by atoms with Gasteiger partial charge in [0.15, 0.2) is 0 Å². The fraction of sp³-hybridized carbons (Fsp3) is 0.125. The molecule has 0 atom stereocenters. The molecule has 0 aromatic carbocycles. The van der Waals surface area contributed by atoms with E-state index in [0.29, 0.717) is 27.4 Å². The summed E-state index contributed by atoms with van der Waals surface area (Å²) in [5.41, 5.74) is 1.74. The molecule has 0 amide bonds. The monoisotopic (exact) mass is 273 g/mol. The van der Waals surface area contributed by atoms with Crippen LogP contribution in [0.3, 0.4) is 0 Å². The Balaban J connectivity index is 4.09. The molecule has 1 rings (SSSR count). The molecular formula is C16H16ClNO. The SMILES string of the molecule is C=C/C=c1/c(C(=O)Cl)c(/C=C\C)c(C=C)n/c1=C/C. The zero-order valence-corrected chi connectivity index (χ0v) is 11.9. The summed E-state index contributed by atoms with van der Waals surface area (Å²) < 4.78 is 0. The molecular weight excluding hydrogens is 258 g/mol. The normalized spacial score (nSPS) is 13.0. The Morgan fingerprint density at radius 2 is 2.00 bits per heavy atom. The predicted molar refractivity (Wildman–Crippen MR) is 83.3 cm³/mol. The highest BCUT2D eigenvalue weighted by Crippen LogP contribution is 2.14. The Bertz CT molecular complexity index is 669. The van der Waals surface area contributed by atoms with Crippen molar-refractivity contribution >= 4 is 41.1 Å². The molecule has 98 valence electrons. The van der Waals surface area contributed by atoms with Crippen LogP contribution in [0.25, 0.3) is 24.3 Å². The minimum Gasteiger partial charge on any atom is -0.276 e. The third-order valence-corrected chi connectivity index (χ3v) is 2.80. The van der Waals surface area contributed by atoms with Crippen LogP contribution in [-0.4, -0.2) is 10.2 Å². The van der Waals surface area contributed by atoms with E-state index in [4.69, 9.17) is 11.6 Å². The molecule has 1 aromatic rings. The Morgan fingerprint density at radius 1 is 1.32 bits per heavy atom. The van der Waals surface area contributed by atoms with Crippen LogP contribution in [0, 0.1) is 0 Å². The molecule has 0 saturated heterocycles. The molecule has 19 heavy (non-hydrogen) atoms. The van der Waals surface area contributed by atoms with Gasteiger partial charge >= 0.3 is 0 Å². The highest BCUT2D eigenvalue weighted by Gasteiger charge is 2.14. The number of allylic oxidation sites excluding steroid dienone is 2. The number of rotatable bonds is 4. The van der Waals surface area contributed by atoms with Crippen LogP contribution in [0.4, 0.5) is 0 Å². The second-order valence-electron chi connectivity index (χ2n) is 3.75. The Hall–Kier alpha value is -1.93. The van der Waals surface area contributed by atoms with Crippen LogP contribution in [-0.2, 0) is 0 Å². The minimum atomic E-state index is -0.519. The summed E-state index contributed by atoms with van der Waals surface area (Å²) in [4.78, 5) is 16.2. The molecule has 3 heteroatoms. The number of carbonyl (C=O) groups is 1. The van der Waals surface area contributed by atoms with E-state index >= 15 is 0 Å². The van der Waals surface area contributed by atoms with Gasteiger partial charge in [-0.25, -0.2) is 4.98 Å². The van der Waals surface area contributed by atoms with Gasteiger partial charge in [-0.05, 0) is 31.5 Å². The third kappa shape index (κ3) is 3.09. The lowest BCUT2D eigenvalue weighted by molar-refractivity contribution is 0.108. The molecule has 0 saturated carbocycles. The lowest BCUT2D eigenvalue weighted by Gasteiger charge is -2.07. The summed E-state index contributed by atoms with van der Waals surface area (Å²) in [6.07, 6.45) is 10.4. The average Bonchev–Trinajstić information content (AvgIpc) is 2.39. The third-order valence-electron chi connectivity index (χ3n) is 2.61. The maximum atomic E-state index is 11.8. The van der Waals surface area contributed by atoms with Crippen molar-refractivity contribution in [3.8, 4) is 0 Å². The summed E-state index contributed by atoms with van der Waals surface area (Å²) in [6, 6.07) is 0. The van der Waals surface area contributed by atoms with Crippen molar-refractivity contribution < 1.29 is 4.79 Å². The van der Waals surface area contributed by atoms with Crippen LogP contribution in [0.15, 0.2) is 25.3 Å². The fourth-order valence-electron chi connectivity index (χ4n) is 1.86. The van der Waals surface area contributed by atoms with Gasteiger partial charge in [0.25, 0.3) is 5.24 Å². The van der Waals surface area contributed by atoms with E-state index in [2.05, 4.69) is 18.1 Å². The molecule has 0 bridgehead atoms. The number of aromatic nitrogens is 1. The number of nitrogens with zero attached hydrogens (tertiary/aromatic N) is 1. The van der Waals surface area contributed by atoms with Gasteiger partial charge in [-0.2, -0.15) is 0 Å². The first-order chi connectivity index (χ1) is 9.10. The lowest BCUT2D eigenvalue weighted by Crippen LogP contribution is -2.34. The zero-order valence-electron chi connectivity index (χ0n) is 11.1. The Kier molecular flexibility index (Phi) is 5.46. The molecule has 0 fully saturated rings. The lowest BCUT2D eigenvalue weighted by atomic mass is 10.0. The van der Waals surface area contributed by atoms with E-state index in [9.17, 15) is 4.79 Å². The van der Waals surface area contributed by atoms with Crippen LogP contribution in [0.1, 0.15) is 35.5 Å². The summed E-state index contributed by atoms with van der Waals surface area (Å²) in [6.45, 7) is 11.1. The smallest absolute Gasteiger partial charge is 0.253 e. The molecule has 0 spiro atoms. The second kappa shape index (κ2) is 6.86. The second-order valence-corrected chi connectivity index (χ2v) is 4.10. The van der Waals surface area contributed by atoms with Crippen molar-refractivity contribution in [1.29, 1.82) is 0 Å². The van der Waals surface area contributed by atoms with E-state index in [-0.39, 0.29) is 0 Å². The molecule has 1 heterocycles. The fourth-order valence-corrected chi connectivity index (χ4v) is 2.06. The quantitative estimate of drug-likeness (QED) is 0.790. The van der Waals surface area contributed by atoms with Crippen molar-refractivity contribution in [2.45, 2.75) is 13.8 Å².